The molecule has 168 valence electrons. The Kier molecular flexibility index (Phi) is 5.74. The minimum Gasteiger partial charge on any atom is -0.493 e. The van der Waals surface area contributed by atoms with Gasteiger partial charge in [0.25, 0.3) is 5.91 Å². The van der Waals surface area contributed by atoms with Crippen LogP contribution >= 0.6 is 11.6 Å². The van der Waals surface area contributed by atoms with Gasteiger partial charge in [0.2, 0.25) is 0 Å². The number of anilines is 1. The monoisotopic (exact) mass is 453 g/mol. The standard InChI is InChI=1S/C25H28ClN3O3/c1-27-20-8-6-17(26)14-19(20)24-21(27)16-29(25(24)30)18-7-9-22(31-2)23(15-18)32-13-12-28-10-4-3-5-11-28/h6-9,14-15H,3-5,10-13,16H2,1-2H3. The normalized spacial score (nSPS) is 16.6. The van der Waals surface area contributed by atoms with Gasteiger partial charge in [0.05, 0.1) is 24.9 Å². The van der Waals surface area contributed by atoms with Gasteiger partial charge >= 0.3 is 0 Å². The molecule has 0 radical (unpaired) electrons. The lowest BCUT2D eigenvalue weighted by Crippen LogP contribution is -2.33. The van der Waals surface area contributed by atoms with Gasteiger partial charge in [-0.1, -0.05) is 18.0 Å². The van der Waals surface area contributed by atoms with Crippen molar-refractivity contribution in [3.05, 3.63) is 52.7 Å². The number of hydrogen-bond donors (Lipinski definition) is 0. The number of ether oxygens (including phenoxy) is 2. The van der Waals surface area contributed by atoms with Gasteiger partial charge in [-0.25, -0.2) is 0 Å². The third-order valence-electron chi connectivity index (χ3n) is 6.62. The van der Waals surface area contributed by atoms with Gasteiger partial charge in [-0.2, -0.15) is 0 Å². The second kappa shape index (κ2) is 8.68. The van der Waals surface area contributed by atoms with Crippen LogP contribution in [-0.2, 0) is 13.6 Å². The Hall–Kier alpha value is -2.70. The quantitative estimate of drug-likeness (QED) is 0.534. The molecule has 1 saturated heterocycles. The zero-order valence-electron chi connectivity index (χ0n) is 18.6. The highest BCUT2D eigenvalue weighted by atomic mass is 35.5. The van der Waals surface area contributed by atoms with Crippen LogP contribution in [0, 0.1) is 0 Å². The summed E-state index contributed by atoms with van der Waals surface area (Å²) in [6.45, 7) is 4.28. The lowest BCUT2D eigenvalue weighted by atomic mass is 10.1. The van der Waals surface area contributed by atoms with Crippen molar-refractivity contribution < 1.29 is 14.3 Å². The Morgan fingerprint density at radius 1 is 1.03 bits per heavy atom. The molecule has 0 aliphatic carbocycles. The first-order chi connectivity index (χ1) is 15.6. The van der Waals surface area contributed by atoms with Crippen molar-refractivity contribution in [2.24, 2.45) is 7.05 Å². The number of hydrogen-bond acceptors (Lipinski definition) is 4. The van der Waals surface area contributed by atoms with E-state index in [2.05, 4.69) is 9.47 Å². The highest BCUT2D eigenvalue weighted by molar-refractivity contribution is 6.32. The molecule has 0 N–H and O–H groups in total. The Morgan fingerprint density at radius 3 is 2.62 bits per heavy atom. The number of fused-ring (bicyclic) bond motifs is 3. The Morgan fingerprint density at radius 2 is 1.84 bits per heavy atom. The molecule has 1 fully saturated rings. The second-order valence-corrected chi connectivity index (χ2v) is 8.96. The Labute approximate surface area is 193 Å². The summed E-state index contributed by atoms with van der Waals surface area (Å²) in [5.74, 6) is 1.32. The van der Waals surface area contributed by atoms with E-state index in [9.17, 15) is 4.79 Å². The molecule has 0 unspecified atom stereocenters. The number of carbonyl (C=O) groups excluding carboxylic acids is 1. The van der Waals surface area contributed by atoms with Gasteiger partial charge in [0, 0.05) is 41.3 Å². The van der Waals surface area contributed by atoms with Crippen LogP contribution in [0.25, 0.3) is 10.9 Å². The fourth-order valence-electron chi connectivity index (χ4n) is 4.87. The van der Waals surface area contributed by atoms with E-state index in [0.717, 1.165) is 47.5 Å². The molecule has 0 bridgehead atoms. The third-order valence-corrected chi connectivity index (χ3v) is 6.86. The van der Waals surface area contributed by atoms with Crippen LogP contribution in [0.2, 0.25) is 5.02 Å². The van der Waals surface area contributed by atoms with Crippen LogP contribution in [0.15, 0.2) is 36.4 Å². The van der Waals surface area contributed by atoms with E-state index in [-0.39, 0.29) is 5.91 Å². The summed E-state index contributed by atoms with van der Waals surface area (Å²) in [4.78, 5) is 17.6. The number of carbonyl (C=O) groups is 1. The van der Waals surface area contributed by atoms with Gasteiger partial charge in [-0.15, -0.1) is 0 Å². The van der Waals surface area contributed by atoms with E-state index in [1.807, 2.05) is 43.4 Å². The molecule has 0 saturated carbocycles. The number of nitrogens with zero attached hydrogens (tertiary/aromatic N) is 3. The fraction of sp³-hybridized carbons (Fsp3) is 0.400. The van der Waals surface area contributed by atoms with Gasteiger partial charge in [0.1, 0.15) is 6.61 Å². The highest BCUT2D eigenvalue weighted by Gasteiger charge is 2.34. The average molecular weight is 454 g/mol. The lowest BCUT2D eigenvalue weighted by molar-refractivity contribution is 0.0998. The van der Waals surface area contributed by atoms with Crippen LogP contribution < -0.4 is 14.4 Å². The number of aryl methyl sites for hydroxylation is 1. The van der Waals surface area contributed by atoms with Crippen molar-refractivity contribution in [3.63, 3.8) is 0 Å². The maximum Gasteiger partial charge on any atom is 0.261 e. The van der Waals surface area contributed by atoms with E-state index in [4.69, 9.17) is 21.1 Å². The molecule has 2 aliphatic rings. The Bertz CT molecular complexity index is 1170. The number of benzene rings is 2. The molecule has 2 aromatic carbocycles. The zero-order valence-corrected chi connectivity index (χ0v) is 19.3. The maximum absolute atomic E-state index is 13.4. The van der Waals surface area contributed by atoms with Crippen molar-refractivity contribution in [1.82, 2.24) is 9.47 Å². The van der Waals surface area contributed by atoms with Crippen molar-refractivity contribution in [2.75, 3.05) is 38.3 Å². The van der Waals surface area contributed by atoms with Crippen LogP contribution in [-0.4, -0.2) is 48.7 Å². The molecule has 3 heterocycles. The van der Waals surface area contributed by atoms with E-state index < -0.39 is 0 Å². The van der Waals surface area contributed by atoms with Crippen LogP contribution in [0.1, 0.15) is 35.3 Å². The Balaban J connectivity index is 1.38. The second-order valence-electron chi connectivity index (χ2n) is 8.52. The largest absolute Gasteiger partial charge is 0.493 e. The summed E-state index contributed by atoms with van der Waals surface area (Å²) in [5, 5.41) is 1.53. The van der Waals surface area contributed by atoms with E-state index >= 15 is 0 Å². The number of likely N-dealkylation sites (tertiary alicyclic amines) is 1. The van der Waals surface area contributed by atoms with Crippen molar-refractivity contribution >= 4 is 34.1 Å². The van der Waals surface area contributed by atoms with Crippen molar-refractivity contribution in [3.8, 4) is 11.5 Å². The molecular weight excluding hydrogens is 426 g/mol. The first kappa shape index (κ1) is 21.2. The topological polar surface area (TPSA) is 46.9 Å². The van der Waals surface area contributed by atoms with E-state index in [1.165, 1.54) is 19.3 Å². The molecule has 32 heavy (non-hydrogen) atoms. The van der Waals surface area contributed by atoms with Gasteiger partial charge in [0.15, 0.2) is 11.5 Å². The molecule has 5 rings (SSSR count). The van der Waals surface area contributed by atoms with Crippen LogP contribution in [0.5, 0.6) is 11.5 Å². The number of amides is 1. The summed E-state index contributed by atoms with van der Waals surface area (Å²) in [5.41, 5.74) is 3.54. The van der Waals surface area contributed by atoms with Gasteiger partial charge in [-0.05, 0) is 56.3 Å². The molecule has 2 aliphatic heterocycles. The van der Waals surface area contributed by atoms with Crippen LogP contribution in [0.4, 0.5) is 5.69 Å². The van der Waals surface area contributed by atoms with Crippen LogP contribution in [0.3, 0.4) is 0 Å². The first-order valence-corrected chi connectivity index (χ1v) is 11.6. The zero-order chi connectivity index (χ0) is 22.2. The number of aromatic nitrogens is 1. The minimum atomic E-state index is -0.0164. The average Bonchev–Trinajstić information content (AvgIpc) is 3.29. The van der Waals surface area contributed by atoms with E-state index in [1.54, 1.807) is 12.0 Å². The summed E-state index contributed by atoms with van der Waals surface area (Å²) in [7, 11) is 3.63. The summed E-state index contributed by atoms with van der Waals surface area (Å²) < 4.78 is 13.7. The molecule has 0 spiro atoms. The molecule has 6 nitrogen and oxygen atoms in total. The van der Waals surface area contributed by atoms with Gasteiger partial charge in [-0.3, -0.25) is 9.69 Å². The molecule has 1 amide bonds. The number of halogens is 1. The number of methoxy groups -OCH3 is 1. The smallest absolute Gasteiger partial charge is 0.261 e. The fourth-order valence-corrected chi connectivity index (χ4v) is 5.04. The molecule has 3 aromatic rings. The maximum atomic E-state index is 13.4. The van der Waals surface area contributed by atoms with E-state index in [0.29, 0.717) is 29.7 Å². The first-order valence-electron chi connectivity index (χ1n) is 11.2. The lowest BCUT2D eigenvalue weighted by Gasteiger charge is -2.26. The third kappa shape index (κ3) is 3.71. The summed E-state index contributed by atoms with van der Waals surface area (Å²) in [6, 6.07) is 11.4. The summed E-state index contributed by atoms with van der Waals surface area (Å²) >= 11 is 6.22. The predicted molar refractivity (Wildman–Crippen MR) is 127 cm³/mol. The number of piperidine rings is 1. The number of rotatable bonds is 6. The minimum absolute atomic E-state index is 0.0164. The van der Waals surface area contributed by atoms with Crippen molar-refractivity contribution in [2.45, 2.75) is 25.8 Å². The molecule has 0 atom stereocenters. The predicted octanol–water partition coefficient (Wildman–Crippen LogP) is 4.87. The molecule has 1 aromatic heterocycles. The highest BCUT2D eigenvalue weighted by Crippen LogP contribution is 2.39. The molecule has 7 heteroatoms. The molecular formula is C25H28ClN3O3. The van der Waals surface area contributed by atoms with Gasteiger partial charge < -0.3 is 18.9 Å². The van der Waals surface area contributed by atoms with Crippen molar-refractivity contribution in [1.29, 1.82) is 0 Å². The SMILES string of the molecule is COc1ccc(N2Cc3c(c4cc(Cl)ccc4n3C)C2=O)cc1OCCN1CCCCC1. The summed E-state index contributed by atoms with van der Waals surface area (Å²) in [6.07, 6.45) is 3.84.